The summed E-state index contributed by atoms with van der Waals surface area (Å²) in [6.45, 7) is 0.170. The molecule has 0 saturated carbocycles. The Bertz CT molecular complexity index is 622. The van der Waals surface area contributed by atoms with Crippen LogP contribution in [0.4, 0.5) is 5.13 Å². The van der Waals surface area contributed by atoms with Gasteiger partial charge < -0.3 is 15.8 Å². The molecular formula is C14H17Cl2N3O2S. The van der Waals surface area contributed by atoms with E-state index in [4.69, 9.17) is 22.1 Å². The second-order valence-electron chi connectivity index (χ2n) is 4.45. The molecule has 8 heteroatoms. The maximum Gasteiger partial charge on any atom is 0.245 e. The van der Waals surface area contributed by atoms with Gasteiger partial charge in [-0.1, -0.05) is 29.8 Å². The Balaban J connectivity index is 0.00000242. The maximum atomic E-state index is 11.8. The Labute approximate surface area is 144 Å². The lowest BCUT2D eigenvalue weighted by molar-refractivity contribution is -0.118. The predicted octanol–water partition coefficient (Wildman–Crippen LogP) is 2.72. The number of halogens is 2. The van der Waals surface area contributed by atoms with Gasteiger partial charge in [-0.25, -0.2) is 4.98 Å². The molecule has 5 nitrogen and oxygen atoms in total. The van der Waals surface area contributed by atoms with Crippen molar-refractivity contribution in [2.75, 3.05) is 19.0 Å². The number of ether oxygens (including phenoxy) is 1. The van der Waals surface area contributed by atoms with Gasteiger partial charge in [0.1, 0.15) is 6.04 Å². The molecule has 3 N–H and O–H groups in total. The van der Waals surface area contributed by atoms with Crippen molar-refractivity contribution in [3.63, 3.8) is 0 Å². The average molecular weight is 362 g/mol. The van der Waals surface area contributed by atoms with Crippen LogP contribution in [-0.4, -0.2) is 30.6 Å². The molecule has 2 aromatic rings. The third kappa shape index (κ3) is 5.23. The number of carbonyl (C=O) groups is 1. The van der Waals surface area contributed by atoms with Crippen LogP contribution in [0.1, 0.15) is 10.4 Å². The van der Waals surface area contributed by atoms with Crippen LogP contribution in [0.15, 0.2) is 30.5 Å². The van der Waals surface area contributed by atoms with Crippen molar-refractivity contribution in [1.29, 1.82) is 0 Å². The minimum absolute atomic E-state index is 0. The Kier molecular flexibility index (Phi) is 7.78. The summed E-state index contributed by atoms with van der Waals surface area (Å²) in [6, 6.07) is 6.95. The van der Waals surface area contributed by atoms with Gasteiger partial charge in [-0.2, -0.15) is 0 Å². The SMILES string of the molecule is COCC(N)C(=O)Nc1ncc(Cc2ccccc2Cl)s1.Cl. The summed E-state index contributed by atoms with van der Waals surface area (Å²) >= 11 is 7.53. The first-order valence-electron chi connectivity index (χ1n) is 6.33. The highest BCUT2D eigenvalue weighted by molar-refractivity contribution is 7.15. The molecule has 1 aromatic heterocycles. The number of methoxy groups -OCH3 is 1. The molecule has 0 bridgehead atoms. The van der Waals surface area contributed by atoms with Crippen molar-refractivity contribution in [2.45, 2.75) is 12.5 Å². The second kappa shape index (κ2) is 9.07. The van der Waals surface area contributed by atoms with Crippen molar-refractivity contribution in [2.24, 2.45) is 5.73 Å². The van der Waals surface area contributed by atoms with E-state index < -0.39 is 6.04 Å². The van der Waals surface area contributed by atoms with E-state index in [9.17, 15) is 4.79 Å². The Hall–Kier alpha value is -1.18. The zero-order valence-corrected chi connectivity index (χ0v) is 14.3. The Morgan fingerprint density at radius 3 is 2.91 bits per heavy atom. The topological polar surface area (TPSA) is 77.2 Å². The van der Waals surface area contributed by atoms with Gasteiger partial charge in [0.15, 0.2) is 5.13 Å². The Morgan fingerprint density at radius 1 is 1.50 bits per heavy atom. The number of nitrogens with one attached hydrogen (secondary N) is 1. The summed E-state index contributed by atoms with van der Waals surface area (Å²) in [5, 5.41) is 3.92. The number of nitrogens with zero attached hydrogens (tertiary/aromatic N) is 1. The molecule has 1 amide bonds. The number of aromatic nitrogens is 1. The molecule has 0 aliphatic heterocycles. The van der Waals surface area contributed by atoms with Crippen molar-refractivity contribution < 1.29 is 9.53 Å². The summed E-state index contributed by atoms with van der Waals surface area (Å²) in [5.74, 6) is -0.310. The lowest BCUT2D eigenvalue weighted by Gasteiger charge is -2.08. The lowest BCUT2D eigenvalue weighted by atomic mass is 10.1. The van der Waals surface area contributed by atoms with Crippen LogP contribution in [0.25, 0.3) is 0 Å². The first-order valence-corrected chi connectivity index (χ1v) is 7.53. The number of carbonyl (C=O) groups excluding carboxylic acids is 1. The van der Waals surface area contributed by atoms with Gasteiger partial charge >= 0.3 is 0 Å². The van der Waals surface area contributed by atoms with Crippen molar-refractivity contribution in [3.8, 4) is 0 Å². The van der Waals surface area contributed by atoms with Gasteiger partial charge in [0.05, 0.1) is 6.61 Å². The van der Waals surface area contributed by atoms with Gasteiger partial charge in [0, 0.05) is 29.6 Å². The molecule has 1 atom stereocenters. The quantitative estimate of drug-likeness (QED) is 0.828. The van der Waals surface area contributed by atoms with Crippen LogP contribution in [0.2, 0.25) is 5.02 Å². The molecule has 0 fully saturated rings. The number of amides is 1. The monoisotopic (exact) mass is 361 g/mol. The molecule has 120 valence electrons. The standard InChI is InChI=1S/C14H16ClN3O2S.ClH/c1-20-8-12(16)13(19)18-14-17-7-10(21-14)6-9-4-2-3-5-11(9)15;/h2-5,7,12H,6,8,16H2,1H3,(H,17,18,19);1H. The third-order valence-electron chi connectivity index (χ3n) is 2.79. The fourth-order valence-electron chi connectivity index (χ4n) is 1.73. The minimum Gasteiger partial charge on any atom is -0.383 e. The molecule has 0 radical (unpaired) electrons. The van der Waals surface area contributed by atoms with E-state index in [2.05, 4.69) is 10.3 Å². The smallest absolute Gasteiger partial charge is 0.245 e. The summed E-state index contributed by atoms with van der Waals surface area (Å²) in [5.41, 5.74) is 6.67. The maximum absolute atomic E-state index is 11.8. The van der Waals surface area contributed by atoms with E-state index >= 15 is 0 Å². The van der Waals surface area contributed by atoms with E-state index in [1.54, 1.807) is 6.20 Å². The van der Waals surface area contributed by atoms with Crippen LogP contribution >= 0.6 is 35.3 Å². The summed E-state index contributed by atoms with van der Waals surface area (Å²) < 4.78 is 4.84. The summed E-state index contributed by atoms with van der Waals surface area (Å²) in [4.78, 5) is 16.9. The molecule has 2 rings (SSSR count). The van der Waals surface area contributed by atoms with E-state index in [0.29, 0.717) is 11.6 Å². The van der Waals surface area contributed by atoms with Crippen molar-refractivity contribution in [3.05, 3.63) is 45.9 Å². The summed E-state index contributed by atoms with van der Waals surface area (Å²) in [7, 11) is 1.50. The van der Waals surface area contributed by atoms with Crippen LogP contribution in [0.3, 0.4) is 0 Å². The molecular weight excluding hydrogens is 345 g/mol. The zero-order valence-electron chi connectivity index (χ0n) is 11.9. The van der Waals surface area contributed by atoms with Gasteiger partial charge in [0.25, 0.3) is 0 Å². The molecule has 1 unspecified atom stereocenters. The van der Waals surface area contributed by atoms with E-state index in [1.165, 1.54) is 18.4 Å². The molecule has 22 heavy (non-hydrogen) atoms. The van der Waals surface area contributed by atoms with Crippen molar-refractivity contribution >= 4 is 46.4 Å². The highest BCUT2D eigenvalue weighted by Gasteiger charge is 2.15. The number of rotatable bonds is 6. The molecule has 1 aromatic carbocycles. The molecule has 0 spiro atoms. The number of hydrogen-bond donors (Lipinski definition) is 2. The summed E-state index contributed by atoms with van der Waals surface area (Å²) in [6.07, 6.45) is 2.41. The fourth-order valence-corrected chi connectivity index (χ4v) is 2.77. The highest BCUT2D eigenvalue weighted by atomic mass is 35.5. The first kappa shape index (κ1) is 18.9. The van der Waals surface area contributed by atoms with Crippen LogP contribution in [0, 0.1) is 0 Å². The first-order chi connectivity index (χ1) is 10.1. The van der Waals surface area contributed by atoms with Gasteiger partial charge in [-0.15, -0.1) is 23.7 Å². The molecule has 0 saturated heterocycles. The van der Waals surface area contributed by atoms with E-state index in [-0.39, 0.29) is 24.9 Å². The lowest BCUT2D eigenvalue weighted by Crippen LogP contribution is -2.39. The number of hydrogen-bond acceptors (Lipinski definition) is 5. The molecule has 1 heterocycles. The van der Waals surface area contributed by atoms with Crippen LogP contribution in [-0.2, 0) is 16.0 Å². The second-order valence-corrected chi connectivity index (χ2v) is 5.97. The number of benzene rings is 1. The fraction of sp³-hybridized carbons (Fsp3) is 0.286. The average Bonchev–Trinajstić information content (AvgIpc) is 2.89. The van der Waals surface area contributed by atoms with Crippen LogP contribution < -0.4 is 11.1 Å². The molecule has 0 aliphatic carbocycles. The predicted molar refractivity (Wildman–Crippen MR) is 92.1 cm³/mol. The number of anilines is 1. The van der Waals surface area contributed by atoms with Crippen molar-refractivity contribution in [1.82, 2.24) is 4.98 Å². The van der Waals surface area contributed by atoms with Gasteiger partial charge in [0.2, 0.25) is 5.91 Å². The van der Waals surface area contributed by atoms with Crippen LogP contribution in [0.5, 0.6) is 0 Å². The Morgan fingerprint density at radius 2 is 2.23 bits per heavy atom. The van der Waals surface area contributed by atoms with E-state index in [0.717, 1.165) is 15.5 Å². The molecule has 0 aliphatic rings. The largest absolute Gasteiger partial charge is 0.383 e. The zero-order chi connectivity index (χ0) is 15.2. The number of thiazole rings is 1. The third-order valence-corrected chi connectivity index (χ3v) is 4.07. The normalized spacial score (nSPS) is 11.6. The van der Waals surface area contributed by atoms with Gasteiger partial charge in [-0.05, 0) is 11.6 Å². The van der Waals surface area contributed by atoms with Gasteiger partial charge in [-0.3, -0.25) is 4.79 Å². The number of nitrogens with two attached hydrogens (primary N) is 1. The minimum atomic E-state index is -0.703. The highest BCUT2D eigenvalue weighted by Crippen LogP contribution is 2.24. The van der Waals surface area contributed by atoms with E-state index in [1.807, 2.05) is 24.3 Å².